The topological polar surface area (TPSA) is 43.1 Å². The third-order valence-electron chi connectivity index (χ3n) is 4.23. The summed E-state index contributed by atoms with van der Waals surface area (Å²) in [7, 11) is 0. The molecular weight excluding hydrogens is 222 g/mol. The van der Waals surface area contributed by atoms with Crippen molar-refractivity contribution in [1.82, 2.24) is 0 Å². The van der Waals surface area contributed by atoms with E-state index in [0.717, 1.165) is 5.56 Å². The maximum Gasteiger partial charge on any atom is 0.176 e. The Bertz CT molecular complexity index is 426. The maximum absolute atomic E-state index is 11.9. The smallest absolute Gasteiger partial charge is 0.176 e. The second-order valence-corrected chi connectivity index (χ2v) is 6.15. The van der Waals surface area contributed by atoms with Crippen LogP contribution in [0.1, 0.15) is 61.4 Å². The molecular formula is C16H23NO. The molecule has 0 heterocycles. The van der Waals surface area contributed by atoms with Crippen LogP contribution in [0.4, 0.5) is 0 Å². The summed E-state index contributed by atoms with van der Waals surface area (Å²) >= 11 is 0. The molecule has 0 atom stereocenters. The van der Waals surface area contributed by atoms with Crippen molar-refractivity contribution < 1.29 is 4.79 Å². The van der Waals surface area contributed by atoms with Crippen LogP contribution >= 0.6 is 0 Å². The first-order chi connectivity index (χ1) is 8.53. The highest BCUT2D eigenvalue weighted by atomic mass is 16.1. The first-order valence-corrected chi connectivity index (χ1v) is 6.86. The lowest BCUT2D eigenvalue weighted by molar-refractivity contribution is 0.0999. The monoisotopic (exact) mass is 245 g/mol. The van der Waals surface area contributed by atoms with Crippen molar-refractivity contribution in [1.29, 1.82) is 0 Å². The number of carbonyl (C=O) groups is 1. The van der Waals surface area contributed by atoms with Crippen molar-refractivity contribution in [3.05, 3.63) is 35.4 Å². The first-order valence-electron chi connectivity index (χ1n) is 6.86. The van der Waals surface area contributed by atoms with E-state index in [1.54, 1.807) is 0 Å². The summed E-state index contributed by atoms with van der Waals surface area (Å²) in [6.45, 7) is 4.77. The number of rotatable bonds is 3. The number of benzene rings is 1. The quantitative estimate of drug-likeness (QED) is 0.828. The van der Waals surface area contributed by atoms with Gasteiger partial charge in [0.1, 0.15) is 0 Å². The number of Topliss-reactive ketones (excluding diaryl/α,β-unsaturated/α-hetero) is 1. The van der Waals surface area contributed by atoms with E-state index in [0.29, 0.717) is 11.3 Å². The van der Waals surface area contributed by atoms with E-state index in [9.17, 15) is 4.79 Å². The molecule has 1 aliphatic rings. The lowest BCUT2D eigenvalue weighted by Crippen LogP contribution is -2.22. The Labute approximate surface area is 110 Å². The van der Waals surface area contributed by atoms with Crippen molar-refractivity contribution >= 4 is 5.78 Å². The molecule has 1 saturated carbocycles. The van der Waals surface area contributed by atoms with Crippen LogP contribution in [0, 0.1) is 5.41 Å². The highest BCUT2D eigenvalue weighted by Crippen LogP contribution is 2.43. The van der Waals surface area contributed by atoms with Crippen molar-refractivity contribution in [2.75, 3.05) is 6.54 Å². The first kappa shape index (κ1) is 13.3. The van der Waals surface area contributed by atoms with Gasteiger partial charge in [0.15, 0.2) is 5.78 Å². The summed E-state index contributed by atoms with van der Waals surface area (Å²) in [5.74, 6) is 0.597. The lowest BCUT2D eigenvalue weighted by atomic mass is 9.70. The fourth-order valence-electron chi connectivity index (χ4n) is 2.93. The third-order valence-corrected chi connectivity index (χ3v) is 4.23. The molecule has 2 heteroatoms. The zero-order valence-electron chi connectivity index (χ0n) is 11.4. The van der Waals surface area contributed by atoms with Crippen LogP contribution in [0.25, 0.3) is 0 Å². The SMILES string of the molecule is CC1(C)CCC(c2ccccc2C(=O)CN)CC1. The number of ketones is 1. The molecule has 1 aliphatic carbocycles. The second kappa shape index (κ2) is 5.23. The van der Waals surface area contributed by atoms with E-state index in [1.807, 2.05) is 18.2 Å². The molecule has 0 spiro atoms. The van der Waals surface area contributed by atoms with Crippen LogP contribution in [0.5, 0.6) is 0 Å². The Morgan fingerprint density at radius 2 is 1.89 bits per heavy atom. The van der Waals surface area contributed by atoms with Gasteiger partial charge in [-0.15, -0.1) is 0 Å². The average Bonchev–Trinajstić information content (AvgIpc) is 2.38. The van der Waals surface area contributed by atoms with Gasteiger partial charge in [-0.3, -0.25) is 4.79 Å². The van der Waals surface area contributed by atoms with Crippen LogP contribution < -0.4 is 5.73 Å². The number of nitrogens with two attached hydrogens (primary N) is 1. The van der Waals surface area contributed by atoms with Gasteiger partial charge in [-0.25, -0.2) is 0 Å². The van der Waals surface area contributed by atoms with Gasteiger partial charge < -0.3 is 5.73 Å². The van der Waals surface area contributed by atoms with Gasteiger partial charge in [-0.1, -0.05) is 38.1 Å². The van der Waals surface area contributed by atoms with Gasteiger partial charge in [0.2, 0.25) is 0 Å². The number of hydrogen-bond acceptors (Lipinski definition) is 2. The van der Waals surface area contributed by atoms with E-state index in [1.165, 1.54) is 31.2 Å². The molecule has 0 bridgehead atoms. The average molecular weight is 245 g/mol. The minimum Gasteiger partial charge on any atom is -0.324 e. The Morgan fingerprint density at radius 3 is 2.50 bits per heavy atom. The lowest BCUT2D eigenvalue weighted by Gasteiger charge is -2.35. The zero-order valence-corrected chi connectivity index (χ0v) is 11.4. The van der Waals surface area contributed by atoms with Gasteiger partial charge in [0.25, 0.3) is 0 Å². The molecule has 2 N–H and O–H groups in total. The maximum atomic E-state index is 11.9. The van der Waals surface area contributed by atoms with E-state index >= 15 is 0 Å². The van der Waals surface area contributed by atoms with E-state index in [4.69, 9.17) is 5.73 Å². The molecule has 2 nitrogen and oxygen atoms in total. The van der Waals surface area contributed by atoms with Gasteiger partial charge in [-0.2, -0.15) is 0 Å². The Hall–Kier alpha value is -1.15. The van der Waals surface area contributed by atoms with Crippen LogP contribution in [0.3, 0.4) is 0 Å². The van der Waals surface area contributed by atoms with Crippen LogP contribution in [0.15, 0.2) is 24.3 Å². The molecule has 2 rings (SSSR count). The van der Waals surface area contributed by atoms with E-state index in [2.05, 4.69) is 19.9 Å². The second-order valence-electron chi connectivity index (χ2n) is 6.15. The molecule has 0 radical (unpaired) electrons. The van der Waals surface area contributed by atoms with Crippen LogP contribution in [-0.4, -0.2) is 12.3 Å². The van der Waals surface area contributed by atoms with Crippen molar-refractivity contribution in [2.24, 2.45) is 11.1 Å². The van der Waals surface area contributed by atoms with Gasteiger partial charge in [-0.05, 0) is 42.6 Å². The molecule has 0 amide bonds. The minimum absolute atomic E-state index is 0.0652. The summed E-state index contributed by atoms with van der Waals surface area (Å²) in [5.41, 5.74) is 8.01. The summed E-state index contributed by atoms with van der Waals surface area (Å²) < 4.78 is 0. The predicted octanol–water partition coefficient (Wildman–Crippen LogP) is 3.51. The van der Waals surface area contributed by atoms with Crippen molar-refractivity contribution in [2.45, 2.75) is 45.4 Å². The zero-order chi connectivity index (χ0) is 13.2. The summed E-state index contributed by atoms with van der Waals surface area (Å²) in [4.78, 5) is 11.9. The highest BCUT2D eigenvalue weighted by Gasteiger charge is 2.29. The van der Waals surface area contributed by atoms with Gasteiger partial charge >= 0.3 is 0 Å². The van der Waals surface area contributed by atoms with Crippen molar-refractivity contribution in [3.63, 3.8) is 0 Å². The molecule has 0 aromatic heterocycles. The Morgan fingerprint density at radius 1 is 1.28 bits per heavy atom. The standard InChI is InChI=1S/C16H23NO/c1-16(2)9-7-12(8-10-16)13-5-3-4-6-14(13)15(18)11-17/h3-6,12H,7-11,17H2,1-2H3. The molecule has 1 aromatic carbocycles. The molecule has 98 valence electrons. The molecule has 0 unspecified atom stereocenters. The van der Waals surface area contributed by atoms with E-state index in [-0.39, 0.29) is 12.3 Å². The third kappa shape index (κ3) is 2.81. The summed E-state index contributed by atoms with van der Waals surface area (Å²) in [6.07, 6.45) is 4.84. The molecule has 1 fully saturated rings. The highest BCUT2D eigenvalue weighted by molar-refractivity contribution is 5.99. The summed E-state index contributed by atoms with van der Waals surface area (Å²) in [5, 5.41) is 0. The normalized spacial score (nSPS) is 19.7. The predicted molar refractivity (Wildman–Crippen MR) is 74.8 cm³/mol. The van der Waals surface area contributed by atoms with Crippen LogP contribution in [-0.2, 0) is 0 Å². The number of hydrogen-bond donors (Lipinski definition) is 1. The largest absolute Gasteiger partial charge is 0.324 e. The minimum atomic E-state index is 0.0652. The van der Waals surface area contributed by atoms with E-state index < -0.39 is 0 Å². The molecule has 1 aromatic rings. The fraction of sp³-hybridized carbons (Fsp3) is 0.562. The van der Waals surface area contributed by atoms with Crippen LogP contribution in [0.2, 0.25) is 0 Å². The Kier molecular flexibility index (Phi) is 3.86. The molecule has 0 saturated heterocycles. The Balaban J connectivity index is 2.21. The van der Waals surface area contributed by atoms with Gasteiger partial charge in [0, 0.05) is 5.56 Å². The fourth-order valence-corrected chi connectivity index (χ4v) is 2.93. The number of carbonyl (C=O) groups excluding carboxylic acids is 1. The molecule has 18 heavy (non-hydrogen) atoms. The van der Waals surface area contributed by atoms with Gasteiger partial charge in [0.05, 0.1) is 6.54 Å². The molecule has 0 aliphatic heterocycles. The van der Waals surface area contributed by atoms with Crippen molar-refractivity contribution in [3.8, 4) is 0 Å². The summed E-state index contributed by atoms with van der Waals surface area (Å²) in [6, 6.07) is 7.98.